The van der Waals surface area contributed by atoms with E-state index in [9.17, 15) is 13.2 Å². The van der Waals surface area contributed by atoms with E-state index in [2.05, 4.69) is 61.4 Å². The second-order valence-corrected chi connectivity index (χ2v) is 19.4. The predicted molar refractivity (Wildman–Crippen MR) is 217 cm³/mol. The zero-order chi connectivity index (χ0) is 39.8. The highest BCUT2D eigenvalue weighted by atomic mass is 32.2. The summed E-state index contributed by atoms with van der Waals surface area (Å²) in [5, 5.41) is 0. The van der Waals surface area contributed by atoms with Crippen molar-refractivity contribution in [3.05, 3.63) is 82.9 Å². The minimum Gasteiger partial charge on any atom is -0.475 e. The van der Waals surface area contributed by atoms with E-state index >= 15 is 0 Å². The Bertz CT molecular complexity index is 2180. The summed E-state index contributed by atoms with van der Waals surface area (Å²) in [5.74, 6) is 0.744. The molecule has 3 aliphatic rings. The van der Waals surface area contributed by atoms with Gasteiger partial charge in [-0.3, -0.25) is 4.79 Å². The number of rotatable bonds is 7. The van der Waals surface area contributed by atoms with Crippen molar-refractivity contribution in [1.29, 1.82) is 0 Å². The van der Waals surface area contributed by atoms with Crippen molar-refractivity contribution in [2.45, 2.75) is 98.1 Å². The molecule has 12 nitrogen and oxygen atoms in total. The first-order chi connectivity index (χ1) is 26.5. The smallest absolute Gasteiger partial charge is 0.264 e. The van der Waals surface area contributed by atoms with Crippen molar-refractivity contribution in [3.8, 4) is 17.1 Å². The molecular weight excluding hydrogens is 727 g/mol. The fourth-order valence-electron chi connectivity index (χ4n) is 8.15. The molecule has 1 amide bonds. The number of nitrogens with one attached hydrogen (secondary N) is 1. The molecule has 56 heavy (non-hydrogen) atoms. The van der Waals surface area contributed by atoms with Gasteiger partial charge in [0.1, 0.15) is 12.4 Å². The number of hydrogen-bond donors (Lipinski definition) is 1. The number of hydrogen-bond acceptors (Lipinski definition) is 10. The van der Waals surface area contributed by atoms with Gasteiger partial charge in [0.2, 0.25) is 11.8 Å². The van der Waals surface area contributed by atoms with Crippen molar-refractivity contribution in [2.24, 2.45) is 16.7 Å². The topological polar surface area (TPSA) is 140 Å². The van der Waals surface area contributed by atoms with Crippen LogP contribution in [0.1, 0.15) is 93.2 Å². The lowest BCUT2D eigenvalue weighted by atomic mass is 9.87. The number of carbonyl (C=O) groups excluding carboxylic acids is 1. The number of carbonyl (C=O) groups is 1. The van der Waals surface area contributed by atoms with Crippen LogP contribution in [0.25, 0.3) is 11.3 Å². The molecule has 0 aliphatic carbocycles. The maximum atomic E-state index is 14.7. The van der Waals surface area contributed by atoms with Gasteiger partial charge in [0.05, 0.1) is 41.3 Å². The fraction of sp³-hybridized carbons (Fsp3) is 0.512. The Balaban J connectivity index is 1.31. The second-order valence-electron chi connectivity index (χ2n) is 17.7. The highest BCUT2D eigenvalue weighted by molar-refractivity contribution is 7.92. The van der Waals surface area contributed by atoms with Crippen LogP contribution in [0, 0.1) is 30.6 Å². The fourth-order valence-corrected chi connectivity index (χ4v) is 9.14. The average molecular weight is 782 g/mol. The van der Waals surface area contributed by atoms with Crippen LogP contribution < -0.4 is 14.4 Å². The Morgan fingerprint density at radius 1 is 1.00 bits per heavy atom. The molecule has 4 aromatic rings. The van der Waals surface area contributed by atoms with Crippen LogP contribution in [0.3, 0.4) is 0 Å². The lowest BCUT2D eigenvalue weighted by Crippen LogP contribution is -2.45. The van der Waals surface area contributed by atoms with E-state index in [1.54, 1.807) is 17.0 Å². The minimum absolute atomic E-state index is 0.0756. The van der Waals surface area contributed by atoms with E-state index in [0.717, 1.165) is 74.4 Å². The maximum absolute atomic E-state index is 14.7. The van der Waals surface area contributed by atoms with Crippen LogP contribution in [0.15, 0.2) is 59.8 Å². The molecule has 0 spiro atoms. The summed E-state index contributed by atoms with van der Waals surface area (Å²) in [5.41, 5.74) is 5.56. The van der Waals surface area contributed by atoms with Gasteiger partial charge in [0, 0.05) is 43.0 Å². The SMILES string of the molecule is Cc1cccc(CC2CCOCC2)c1-c1nc2nc(c1C)OC[C@@H](CC(C)(C)C)N(Cc1ncc(N3CCC(C)(C)C3)cn1)C(=O)c1cccc(c1)S(=O)(=O)N2. The van der Waals surface area contributed by atoms with Gasteiger partial charge in [-0.25, -0.2) is 28.1 Å². The molecule has 13 heteroatoms. The number of benzene rings is 2. The molecule has 0 radical (unpaired) electrons. The Morgan fingerprint density at radius 3 is 2.43 bits per heavy atom. The molecule has 2 aromatic carbocycles. The zero-order valence-electron chi connectivity index (χ0n) is 33.8. The molecule has 3 aliphatic heterocycles. The Morgan fingerprint density at radius 2 is 1.73 bits per heavy atom. The third-order valence-corrected chi connectivity index (χ3v) is 12.5. The first-order valence-electron chi connectivity index (χ1n) is 19.7. The van der Waals surface area contributed by atoms with Gasteiger partial charge in [-0.15, -0.1) is 0 Å². The predicted octanol–water partition coefficient (Wildman–Crippen LogP) is 7.40. The molecule has 1 N–H and O–H groups in total. The molecule has 0 saturated carbocycles. The van der Waals surface area contributed by atoms with Gasteiger partial charge in [-0.1, -0.05) is 58.9 Å². The summed E-state index contributed by atoms with van der Waals surface area (Å²) in [4.78, 5) is 37.6. The number of fused-ring (bicyclic) bond motifs is 4. The van der Waals surface area contributed by atoms with Crippen molar-refractivity contribution in [1.82, 2.24) is 24.8 Å². The summed E-state index contributed by atoms with van der Waals surface area (Å²) < 4.78 is 42.9. The summed E-state index contributed by atoms with van der Waals surface area (Å²) in [7, 11) is -4.22. The summed E-state index contributed by atoms with van der Waals surface area (Å²) >= 11 is 0. The molecule has 298 valence electrons. The largest absolute Gasteiger partial charge is 0.475 e. The van der Waals surface area contributed by atoms with Crippen LogP contribution in [0.2, 0.25) is 0 Å². The molecule has 7 rings (SSSR count). The van der Waals surface area contributed by atoms with Crippen molar-refractivity contribution < 1.29 is 22.7 Å². The molecular formula is C43H55N7O5S. The Hall–Kier alpha value is -4.62. The standard InChI is InChI=1S/C43H55N7O5S/c1-28-10-8-11-31(20-30-14-18-54-19-15-30)37(28)38-29(2)39-47-41(46-38)48-56(52,53)35-13-9-12-32(21-35)40(51)50(33(26-55-39)22-42(3,4)5)25-36-44-23-34(24-45-36)49-17-16-43(6,7)27-49/h8-13,21,23-24,30,33H,14-20,22,25-27H2,1-7H3,(H,46,47,48)/t33-/m1/s1. The number of sulfonamides is 1. The lowest BCUT2D eigenvalue weighted by molar-refractivity contribution is 0.0504. The second kappa shape index (κ2) is 15.7. The van der Waals surface area contributed by atoms with Crippen molar-refractivity contribution in [3.63, 3.8) is 0 Å². The molecule has 2 aromatic heterocycles. The van der Waals surface area contributed by atoms with E-state index in [1.807, 2.05) is 32.3 Å². The van der Waals surface area contributed by atoms with E-state index in [1.165, 1.54) is 12.1 Å². The average Bonchev–Trinajstić information content (AvgIpc) is 3.52. The highest BCUT2D eigenvalue weighted by Gasteiger charge is 2.34. The summed E-state index contributed by atoms with van der Waals surface area (Å²) in [6.07, 6.45) is 8.13. The Kier molecular flexibility index (Phi) is 11.1. The van der Waals surface area contributed by atoms with E-state index in [0.29, 0.717) is 29.4 Å². The first kappa shape index (κ1) is 39.6. The molecule has 2 fully saturated rings. The normalized spacial score (nSPS) is 20.1. The van der Waals surface area contributed by atoms with Crippen LogP contribution >= 0.6 is 0 Å². The highest BCUT2D eigenvalue weighted by Crippen LogP contribution is 2.37. The quantitative estimate of drug-likeness (QED) is 0.202. The van der Waals surface area contributed by atoms with Gasteiger partial charge in [-0.05, 0) is 92.0 Å². The van der Waals surface area contributed by atoms with E-state index in [4.69, 9.17) is 24.4 Å². The van der Waals surface area contributed by atoms with Gasteiger partial charge >= 0.3 is 0 Å². The first-order valence-corrected chi connectivity index (χ1v) is 21.2. The summed E-state index contributed by atoms with van der Waals surface area (Å²) in [6.45, 7) is 18.4. The monoisotopic (exact) mass is 781 g/mol. The number of nitrogens with zero attached hydrogens (tertiary/aromatic N) is 6. The molecule has 0 unspecified atom stereocenters. The molecule has 2 saturated heterocycles. The molecule has 4 bridgehead atoms. The number of aromatic nitrogens is 4. The third kappa shape index (κ3) is 8.99. The Labute approximate surface area is 331 Å². The summed E-state index contributed by atoms with van der Waals surface area (Å²) in [6, 6.07) is 11.9. The van der Waals surface area contributed by atoms with Crippen molar-refractivity contribution in [2.75, 3.05) is 42.5 Å². The van der Waals surface area contributed by atoms with Crippen LogP contribution in [0.4, 0.5) is 11.6 Å². The number of ether oxygens (including phenoxy) is 2. The number of amides is 1. The number of anilines is 2. The van der Waals surface area contributed by atoms with Gasteiger partial charge in [0.25, 0.3) is 15.9 Å². The molecule has 5 heterocycles. The van der Waals surface area contributed by atoms with E-state index < -0.39 is 16.1 Å². The zero-order valence-corrected chi connectivity index (χ0v) is 34.6. The van der Waals surface area contributed by atoms with Crippen LogP contribution in [0.5, 0.6) is 5.88 Å². The van der Waals surface area contributed by atoms with Gasteiger partial charge < -0.3 is 19.3 Å². The van der Waals surface area contributed by atoms with Gasteiger partial charge in [0.15, 0.2) is 0 Å². The minimum atomic E-state index is -4.22. The third-order valence-electron chi connectivity index (χ3n) is 11.2. The van der Waals surface area contributed by atoms with Crippen LogP contribution in [-0.2, 0) is 27.7 Å². The number of aryl methyl sites for hydroxylation is 1. The van der Waals surface area contributed by atoms with E-state index in [-0.39, 0.29) is 52.2 Å². The van der Waals surface area contributed by atoms with Gasteiger partial charge in [-0.2, -0.15) is 4.98 Å². The lowest BCUT2D eigenvalue weighted by Gasteiger charge is -2.35. The van der Waals surface area contributed by atoms with Crippen LogP contribution in [-0.4, -0.2) is 78.1 Å². The van der Waals surface area contributed by atoms with Crippen molar-refractivity contribution >= 4 is 27.6 Å². The molecule has 1 atom stereocenters. The maximum Gasteiger partial charge on any atom is 0.264 e.